The van der Waals surface area contributed by atoms with Crippen LogP contribution in [0.5, 0.6) is 5.75 Å². The number of benzene rings is 2. The van der Waals surface area contributed by atoms with Crippen LogP contribution in [0.3, 0.4) is 0 Å². The van der Waals surface area contributed by atoms with Crippen molar-refractivity contribution in [1.29, 1.82) is 0 Å². The summed E-state index contributed by atoms with van der Waals surface area (Å²) in [6.45, 7) is 6.62. The minimum absolute atomic E-state index is 0.00920. The number of esters is 1. The standard InChI is InChI=1S/C22H29NO4/c1-22(2,3)27-21(24)16-25-14-4-5-15-26-20-12-8-18(9-13-20)17-6-10-19(23)11-7-17/h6-13H,4-5,14-16,23H2,1-3H3. The van der Waals surface area contributed by atoms with Crippen LogP contribution < -0.4 is 10.5 Å². The summed E-state index contributed by atoms with van der Waals surface area (Å²) in [5.41, 5.74) is 8.24. The monoisotopic (exact) mass is 371 g/mol. The molecule has 0 saturated heterocycles. The number of rotatable bonds is 9. The summed E-state index contributed by atoms with van der Waals surface area (Å²) in [5, 5.41) is 0. The van der Waals surface area contributed by atoms with E-state index in [1.807, 2.05) is 69.3 Å². The Kier molecular flexibility index (Phi) is 7.67. The lowest BCUT2D eigenvalue weighted by Crippen LogP contribution is -2.26. The first-order valence-electron chi connectivity index (χ1n) is 9.22. The van der Waals surface area contributed by atoms with Gasteiger partial charge in [0.2, 0.25) is 0 Å². The normalized spacial score (nSPS) is 11.2. The smallest absolute Gasteiger partial charge is 0.332 e. The van der Waals surface area contributed by atoms with Crippen LogP contribution in [0, 0.1) is 0 Å². The largest absolute Gasteiger partial charge is 0.494 e. The molecule has 0 heterocycles. The highest BCUT2D eigenvalue weighted by Gasteiger charge is 2.15. The minimum atomic E-state index is -0.475. The van der Waals surface area contributed by atoms with Gasteiger partial charge in [0.1, 0.15) is 18.0 Å². The number of nitrogens with two attached hydrogens (primary N) is 1. The lowest BCUT2D eigenvalue weighted by molar-refractivity contribution is -0.160. The van der Waals surface area contributed by atoms with E-state index in [1.165, 1.54) is 0 Å². The van der Waals surface area contributed by atoms with E-state index in [1.54, 1.807) is 0 Å². The molecular formula is C22H29NO4. The number of carbonyl (C=O) groups excluding carboxylic acids is 1. The fourth-order valence-corrected chi connectivity index (χ4v) is 2.44. The second-order valence-electron chi connectivity index (χ2n) is 7.34. The van der Waals surface area contributed by atoms with Crippen LogP contribution in [0.4, 0.5) is 5.69 Å². The van der Waals surface area contributed by atoms with Crippen molar-refractivity contribution in [3.8, 4) is 16.9 Å². The molecule has 0 spiro atoms. The molecule has 27 heavy (non-hydrogen) atoms. The van der Waals surface area contributed by atoms with Crippen molar-refractivity contribution in [2.75, 3.05) is 25.6 Å². The van der Waals surface area contributed by atoms with Crippen molar-refractivity contribution in [2.24, 2.45) is 0 Å². The zero-order valence-electron chi connectivity index (χ0n) is 16.4. The van der Waals surface area contributed by atoms with Crippen LogP contribution in [-0.2, 0) is 14.3 Å². The summed E-state index contributed by atoms with van der Waals surface area (Å²) in [6.07, 6.45) is 1.68. The van der Waals surface area contributed by atoms with Crippen molar-refractivity contribution in [1.82, 2.24) is 0 Å². The first kappa shape index (κ1) is 20.8. The molecule has 5 heteroatoms. The van der Waals surface area contributed by atoms with Gasteiger partial charge in [-0.15, -0.1) is 0 Å². The maximum absolute atomic E-state index is 11.5. The molecule has 0 aliphatic rings. The Morgan fingerprint density at radius 2 is 1.44 bits per heavy atom. The number of nitrogen functional groups attached to an aromatic ring is 1. The van der Waals surface area contributed by atoms with Gasteiger partial charge >= 0.3 is 5.97 Å². The SMILES string of the molecule is CC(C)(C)OC(=O)COCCCCOc1ccc(-c2ccc(N)cc2)cc1. The van der Waals surface area contributed by atoms with Gasteiger partial charge < -0.3 is 19.9 Å². The Morgan fingerprint density at radius 3 is 2.04 bits per heavy atom. The van der Waals surface area contributed by atoms with Gasteiger partial charge in [0.05, 0.1) is 6.61 Å². The zero-order valence-corrected chi connectivity index (χ0v) is 16.4. The van der Waals surface area contributed by atoms with Crippen molar-refractivity contribution >= 4 is 11.7 Å². The van der Waals surface area contributed by atoms with Crippen molar-refractivity contribution in [3.05, 3.63) is 48.5 Å². The van der Waals surface area contributed by atoms with Crippen LogP contribution in [0.1, 0.15) is 33.6 Å². The van der Waals surface area contributed by atoms with E-state index in [4.69, 9.17) is 19.9 Å². The third-order valence-corrected chi connectivity index (χ3v) is 3.69. The Labute approximate surface area is 161 Å². The number of hydrogen-bond donors (Lipinski definition) is 1. The lowest BCUT2D eigenvalue weighted by atomic mass is 10.1. The molecule has 0 amide bonds. The van der Waals surface area contributed by atoms with Gasteiger partial charge in [0.25, 0.3) is 0 Å². The Bertz CT molecular complexity index is 703. The van der Waals surface area contributed by atoms with Crippen LogP contribution >= 0.6 is 0 Å². The van der Waals surface area contributed by atoms with Gasteiger partial charge in [-0.25, -0.2) is 4.79 Å². The average Bonchev–Trinajstić information content (AvgIpc) is 2.61. The minimum Gasteiger partial charge on any atom is -0.494 e. The Balaban J connectivity index is 1.61. The first-order chi connectivity index (χ1) is 12.8. The number of hydrogen-bond acceptors (Lipinski definition) is 5. The summed E-state index contributed by atoms with van der Waals surface area (Å²) >= 11 is 0. The summed E-state index contributed by atoms with van der Waals surface area (Å²) in [7, 11) is 0. The van der Waals surface area contributed by atoms with Crippen molar-refractivity contribution in [3.63, 3.8) is 0 Å². The molecule has 0 radical (unpaired) electrons. The number of carbonyl (C=O) groups is 1. The molecular weight excluding hydrogens is 342 g/mol. The average molecular weight is 371 g/mol. The zero-order chi connectivity index (χ0) is 19.7. The molecule has 0 bridgehead atoms. The van der Waals surface area contributed by atoms with E-state index < -0.39 is 5.60 Å². The number of unbranched alkanes of at least 4 members (excludes halogenated alkanes) is 1. The van der Waals surface area contributed by atoms with E-state index in [0.717, 1.165) is 35.4 Å². The summed E-state index contributed by atoms with van der Waals surface area (Å²) in [4.78, 5) is 11.5. The molecule has 0 saturated carbocycles. The molecule has 0 aliphatic carbocycles. The molecule has 2 aromatic rings. The molecule has 0 fully saturated rings. The highest BCUT2D eigenvalue weighted by molar-refractivity contribution is 5.71. The second-order valence-corrected chi connectivity index (χ2v) is 7.34. The van der Waals surface area contributed by atoms with Crippen LogP contribution in [-0.4, -0.2) is 31.4 Å². The second kappa shape index (κ2) is 9.97. The van der Waals surface area contributed by atoms with Crippen molar-refractivity contribution in [2.45, 2.75) is 39.2 Å². The Morgan fingerprint density at radius 1 is 0.889 bits per heavy atom. The number of anilines is 1. The molecule has 146 valence electrons. The van der Waals surface area contributed by atoms with E-state index in [2.05, 4.69) is 0 Å². The third kappa shape index (κ3) is 8.13. The maximum atomic E-state index is 11.5. The molecule has 2 N–H and O–H groups in total. The molecule has 0 unspecified atom stereocenters. The van der Waals surface area contributed by atoms with E-state index in [9.17, 15) is 4.79 Å². The molecule has 0 aromatic heterocycles. The first-order valence-corrected chi connectivity index (χ1v) is 9.22. The van der Waals surface area contributed by atoms with Gasteiger partial charge in [0.15, 0.2) is 0 Å². The van der Waals surface area contributed by atoms with Gasteiger partial charge in [0, 0.05) is 12.3 Å². The van der Waals surface area contributed by atoms with Crippen LogP contribution in [0.2, 0.25) is 0 Å². The Hall–Kier alpha value is -2.53. The van der Waals surface area contributed by atoms with E-state index >= 15 is 0 Å². The van der Waals surface area contributed by atoms with E-state index in [0.29, 0.717) is 13.2 Å². The lowest BCUT2D eigenvalue weighted by Gasteiger charge is -2.19. The highest BCUT2D eigenvalue weighted by Crippen LogP contribution is 2.23. The van der Waals surface area contributed by atoms with Crippen molar-refractivity contribution < 1.29 is 19.0 Å². The fraction of sp³-hybridized carbons (Fsp3) is 0.409. The predicted octanol–water partition coefficient (Wildman–Crippen LogP) is 4.45. The van der Waals surface area contributed by atoms with Gasteiger partial charge in [-0.05, 0) is 69.0 Å². The molecule has 0 atom stereocenters. The van der Waals surface area contributed by atoms with E-state index in [-0.39, 0.29) is 12.6 Å². The van der Waals surface area contributed by atoms with Gasteiger partial charge in [-0.3, -0.25) is 0 Å². The summed E-state index contributed by atoms with van der Waals surface area (Å²) < 4.78 is 16.2. The topological polar surface area (TPSA) is 70.8 Å². The van der Waals surface area contributed by atoms with Crippen LogP contribution in [0.25, 0.3) is 11.1 Å². The van der Waals surface area contributed by atoms with Gasteiger partial charge in [-0.1, -0.05) is 24.3 Å². The summed E-state index contributed by atoms with van der Waals surface area (Å²) in [6, 6.07) is 15.8. The third-order valence-electron chi connectivity index (χ3n) is 3.69. The molecule has 2 rings (SSSR count). The number of ether oxygens (including phenoxy) is 3. The fourth-order valence-electron chi connectivity index (χ4n) is 2.44. The van der Waals surface area contributed by atoms with Gasteiger partial charge in [-0.2, -0.15) is 0 Å². The maximum Gasteiger partial charge on any atom is 0.332 e. The molecule has 0 aliphatic heterocycles. The molecule has 5 nitrogen and oxygen atoms in total. The summed E-state index contributed by atoms with van der Waals surface area (Å²) in [5.74, 6) is 0.504. The quantitative estimate of drug-likeness (QED) is 0.400. The van der Waals surface area contributed by atoms with Crippen LogP contribution in [0.15, 0.2) is 48.5 Å². The predicted molar refractivity (Wildman–Crippen MR) is 108 cm³/mol. The molecule has 2 aromatic carbocycles. The highest BCUT2D eigenvalue weighted by atomic mass is 16.6.